The van der Waals surface area contributed by atoms with E-state index in [0.29, 0.717) is 37.4 Å². The number of nitriles is 1. The van der Waals surface area contributed by atoms with E-state index in [1.165, 1.54) is 0 Å². The fourth-order valence-electron chi connectivity index (χ4n) is 2.45. The van der Waals surface area contributed by atoms with Gasteiger partial charge in [-0.2, -0.15) is 5.26 Å². The van der Waals surface area contributed by atoms with Crippen molar-refractivity contribution in [1.29, 1.82) is 5.26 Å². The van der Waals surface area contributed by atoms with Crippen LogP contribution in [0.5, 0.6) is 0 Å². The van der Waals surface area contributed by atoms with Gasteiger partial charge >= 0.3 is 0 Å². The molecule has 0 bridgehead atoms. The minimum Gasteiger partial charge on any atom is -0.386 e. The standard InChI is InChI=1S/C15H14BrN3O2/c16-12-3-1-2-11-13(10(6-17)7-18-14(11)12)19-8-15(20)4-5-21-9-15/h1-3,7,20H,4-5,8-9H2,(H,18,19)/t15-/m1/s1. The molecule has 0 aliphatic carbocycles. The monoisotopic (exact) mass is 347 g/mol. The topological polar surface area (TPSA) is 78.2 Å². The molecule has 1 aromatic heterocycles. The summed E-state index contributed by atoms with van der Waals surface area (Å²) in [6, 6.07) is 7.85. The van der Waals surface area contributed by atoms with Crippen LogP contribution in [-0.2, 0) is 4.74 Å². The predicted octanol–water partition coefficient (Wildman–Crippen LogP) is 2.43. The summed E-state index contributed by atoms with van der Waals surface area (Å²) in [5.74, 6) is 0. The number of para-hydroxylation sites is 1. The summed E-state index contributed by atoms with van der Waals surface area (Å²) in [6.45, 7) is 1.22. The van der Waals surface area contributed by atoms with Crippen molar-refractivity contribution >= 4 is 32.5 Å². The number of anilines is 1. The number of fused-ring (bicyclic) bond motifs is 1. The van der Waals surface area contributed by atoms with Crippen LogP contribution in [-0.4, -0.2) is 35.5 Å². The van der Waals surface area contributed by atoms with E-state index in [0.717, 1.165) is 15.4 Å². The van der Waals surface area contributed by atoms with Crippen LogP contribution in [0.25, 0.3) is 10.9 Å². The Hall–Kier alpha value is -1.68. The van der Waals surface area contributed by atoms with E-state index in [2.05, 4.69) is 32.3 Å². The van der Waals surface area contributed by atoms with Crippen LogP contribution in [0.15, 0.2) is 28.9 Å². The first-order valence-electron chi connectivity index (χ1n) is 6.64. The van der Waals surface area contributed by atoms with Crippen molar-refractivity contribution in [2.45, 2.75) is 12.0 Å². The van der Waals surface area contributed by atoms with Crippen molar-refractivity contribution in [3.05, 3.63) is 34.4 Å². The molecule has 2 heterocycles. The number of hydrogen-bond donors (Lipinski definition) is 2. The van der Waals surface area contributed by atoms with Crippen LogP contribution in [0.2, 0.25) is 0 Å². The highest BCUT2D eigenvalue weighted by atomic mass is 79.9. The number of aliphatic hydroxyl groups is 1. The number of pyridine rings is 1. The Kier molecular flexibility index (Phi) is 3.81. The summed E-state index contributed by atoms with van der Waals surface area (Å²) in [6.07, 6.45) is 2.14. The quantitative estimate of drug-likeness (QED) is 0.891. The molecule has 0 saturated carbocycles. The highest BCUT2D eigenvalue weighted by Crippen LogP contribution is 2.31. The first-order valence-corrected chi connectivity index (χ1v) is 7.44. The second kappa shape index (κ2) is 5.60. The number of hydrogen-bond acceptors (Lipinski definition) is 5. The third-order valence-corrected chi connectivity index (χ3v) is 4.29. The molecule has 1 atom stereocenters. The van der Waals surface area contributed by atoms with Gasteiger partial charge in [0.05, 0.1) is 23.4 Å². The highest BCUT2D eigenvalue weighted by Gasteiger charge is 2.32. The molecular formula is C15H14BrN3O2. The molecule has 1 fully saturated rings. The van der Waals surface area contributed by atoms with Crippen molar-refractivity contribution in [3.8, 4) is 6.07 Å². The van der Waals surface area contributed by atoms with Gasteiger partial charge in [0, 0.05) is 35.6 Å². The van der Waals surface area contributed by atoms with Crippen LogP contribution in [0.1, 0.15) is 12.0 Å². The summed E-state index contributed by atoms with van der Waals surface area (Å²) in [5.41, 5.74) is 1.06. The van der Waals surface area contributed by atoms with Crippen LogP contribution in [0.4, 0.5) is 5.69 Å². The Bertz CT molecular complexity index is 721. The van der Waals surface area contributed by atoms with Crippen molar-refractivity contribution in [3.63, 3.8) is 0 Å². The van der Waals surface area contributed by atoms with E-state index in [9.17, 15) is 10.4 Å². The van der Waals surface area contributed by atoms with Crippen LogP contribution in [0, 0.1) is 11.3 Å². The normalized spacial score (nSPS) is 21.4. The molecule has 0 amide bonds. The third-order valence-electron chi connectivity index (χ3n) is 3.65. The molecule has 1 aliphatic rings. The Morgan fingerprint density at radius 1 is 1.52 bits per heavy atom. The van der Waals surface area contributed by atoms with E-state index in [-0.39, 0.29) is 0 Å². The number of rotatable bonds is 3. The van der Waals surface area contributed by atoms with Gasteiger partial charge in [-0.1, -0.05) is 12.1 Å². The van der Waals surface area contributed by atoms with Gasteiger partial charge in [-0.15, -0.1) is 0 Å². The average molecular weight is 348 g/mol. The van der Waals surface area contributed by atoms with E-state index in [1.54, 1.807) is 6.20 Å². The number of aromatic nitrogens is 1. The van der Waals surface area contributed by atoms with E-state index >= 15 is 0 Å². The highest BCUT2D eigenvalue weighted by molar-refractivity contribution is 9.10. The second-order valence-electron chi connectivity index (χ2n) is 5.18. The summed E-state index contributed by atoms with van der Waals surface area (Å²) in [4.78, 5) is 4.31. The Morgan fingerprint density at radius 3 is 3.10 bits per heavy atom. The first kappa shape index (κ1) is 14.3. The third kappa shape index (κ3) is 2.72. The Labute approximate surface area is 130 Å². The number of halogens is 1. The largest absolute Gasteiger partial charge is 0.386 e. The molecule has 2 N–H and O–H groups in total. The summed E-state index contributed by atoms with van der Waals surface area (Å²) in [5, 5.41) is 23.7. The van der Waals surface area contributed by atoms with Gasteiger partial charge in [-0.3, -0.25) is 4.98 Å². The lowest BCUT2D eigenvalue weighted by molar-refractivity contribution is 0.0382. The molecule has 1 aromatic carbocycles. The maximum absolute atomic E-state index is 10.3. The predicted molar refractivity (Wildman–Crippen MR) is 83.0 cm³/mol. The molecule has 0 unspecified atom stereocenters. The van der Waals surface area contributed by atoms with Gasteiger partial charge in [0.2, 0.25) is 0 Å². The van der Waals surface area contributed by atoms with E-state index in [4.69, 9.17) is 4.74 Å². The number of ether oxygens (including phenoxy) is 1. The lowest BCUT2D eigenvalue weighted by Gasteiger charge is -2.22. The zero-order chi connectivity index (χ0) is 14.9. The van der Waals surface area contributed by atoms with Crippen molar-refractivity contribution < 1.29 is 9.84 Å². The average Bonchev–Trinajstić information content (AvgIpc) is 2.92. The van der Waals surface area contributed by atoms with Gasteiger partial charge in [0.25, 0.3) is 0 Å². The number of nitrogens with zero attached hydrogens (tertiary/aromatic N) is 2. The molecular weight excluding hydrogens is 334 g/mol. The Balaban J connectivity index is 1.99. The summed E-state index contributed by atoms with van der Waals surface area (Å²) in [7, 11) is 0. The maximum Gasteiger partial charge on any atom is 0.107 e. The molecule has 3 rings (SSSR count). The maximum atomic E-state index is 10.3. The summed E-state index contributed by atoms with van der Waals surface area (Å²) < 4.78 is 6.11. The lowest BCUT2D eigenvalue weighted by Crippen LogP contribution is -2.37. The molecule has 0 spiro atoms. The molecule has 1 saturated heterocycles. The van der Waals surface area contributed by atoms with Crippen molar-refractivity contribution in [2.75, 3.05) is 25.1 Å². The van der Waals surface area contributed by atoms with E-state index in [1.807, 2.05) is 18.2 Å². The zero-order valence-corrected chi connectivity index (χ0v) is 12.9. The van der Waals surface area contributed by atoms with Crippen LogP contribution < -0.4 is 5.32 Å². The van der Waals surface area contributed by atoms with Gasteiger partial charge in [0.1, 0.15) is 11.7 Å². The smallest absolute Gasteiger partial charge is 0.107 e. The molecule has 0 radical (unpaired) electrons. The second-order valence-corrected chi connectivity index (χ2v) is 6.03. The van der Waals surface area contributed by atoms with Crippen LogP contribution >= 0.6 is 15.9 Å². The fraction of sp³-hybridized carbons (Fsp3) is 0.333. The SMILES string of the molecule is N#Cc1cnc2c(Br)cccc2c1NC[C@]1(O)CCOC1. The molecule has 6 heteroatoms. The zero-order valence-electron chi connectivity index (χ0n) is 11.3. The van der Waals surface area contributed by atoms with Gasteiger partial charge in [-0.05, 0) is 22.0 Å². The molecule has 108 valence electrons. The van der Waals surface area contributed by atoms with Gasteiger partial charge < -0.3 is 15.2 Å². The van der Waals surface area contributed by atoms with Crippen LogP contribution in [0.3, 0.4) is 0 Å². The van der Waals surface area contributed by atoms with Gasteiger partial charge in [-0.25, -0.2) is 0 Å². The molecule has 21 heavy (non-hydrogen) atoms. The molecule has 2 aromatic rings. The minimum absolute atomic E-state index is 0.314. The molecule has 5 nitrogen and oxygen atoms in total. The lowest BCUT2D eigenvalue weighted by atomic mass is 10.0. The number of benzene rings is 1. The van der Waals surface area contributed by atoms with E-state index < -0.39 is 5.60 Å². The fourth-order valence-corrected chi connectivity index (χ4v) is 2.92. The minimum atomic E-state index is -0.881. The Morgan fingerprint density at radius 2 is 2.38 bits per heavy atom. The van der Waals surface area contributed by atoms with Crippen molar-refractivity contribution in [1.82, 2.24) is 4.98 Å². The van der Waals surface area contributed by atoms with Crippen molar-refractivity contribution in [2.24, 2.45) is 0 Å². The number of nitrogens with one attached hydrogen (secondary N) is 1. The first-order chi connectivity index (χ1) is 10.1. The summed E-state index contributed by atoms with van der Waals surface area (Å²) >= 11 is 3.46. The van der Waals surface area contributed by atoms with Gasteiger partial charge in [0.15, 0.2) is 0 Å². The molecule has 1 aliphatic heterocycles.